The van der Waals surface area contributed by atoms with E-state index in [1.807, 2.05) is 6.92 Å². The zero-order valence-corrected chi connectivity index (χ0v) is 14.2. The van der Waals surface area contributed by atoms with E-state index in [1.54, 1.807) is 18.5 Å². The molecule has 2 amide bonds. The quantitative estimate of drug-likeness (QED) is 0.886. The normalized spacial score (nSPS) is 20.4. The van der Waals surface area contributed by atoms with Gasteiger partial charge in [0.05, 0.1) is 0 Å². The second-order valence-corrected chi connectivity index (χ2v) is 6.71. The predicted molar refractivity (Wildman–Crippen MR) is 92.6 cm³/mol. The number of aromatic nitrogens is 3. The van der Waals surface area contributed by atoms with E-state index in [9.17, 15) is 4.79 Å². The molecule has 132 valence electrons. The minimum absolute atomic E-state index is 0.0575. The summed E-state index contributed by atoms with van der Waals surface area (Å²) in [5.74, 6) is 1.91. The predicted octanol–water partition coefficient (Wildman–Crippen LogP) is 2.44. The molecule has 0 radical (unpaired) electrons. The molecule has 1 atom stereocenters. The first kappa shape index (κ1) is 15.9. The number of carbonyl (C=O) groups is 1. The van der Waals surface area contributed by atoms with Crippen molar-refractivity contribution in [3.63, 3.8) is 0 Å². The number of hydrogen-bond donors (Lipinski definition) is 2. The van der Waals surface area contributed by atoms with Crippen LogP contribution in [-0.4, -0.2) is 40.3 Å². The lowest BCUT2D eigenvalue weighted by atomic mass is 10.1. The van der Waals surface area contributed by atoms with E-state index in [-0.39, 0.29) is 12.1 Å². The number of carbonyl (C=O) groups excluding carboxylic acids is 1. The maximum atomic E-state index is 12.4. The second kappa shape index (κ2) is 6.70. The van der Waals surface area contributed by atoms with Crippen LogP contribution < -0.4 is 15.5 Å². The monoisotopic (exact) mass is 342 g/mol. The molecule has 1 saturated carbocycles. The van der Waals surface area contributed by atoms with Crippen molar-refractivity contribution in [3.8, 4) is 0 Å². The van der Waals surface area contributed by atoms with Gasteiger partial charge in [0.2, 0.25) is 5.95 Å². The van der Waals surface area contributed by atoms with Crippen LogP contribution in [0.3, 0.4) is 0 Å². The minimum atomic E-state index is -0.214. The smallest absolute Gasteiger partial charge is 0.319 e. The Labute approximate surface area is 146 Å². The van der Waals surface area contributed by atoms with Crippen LogP contribution in [0.4, 0.5) is 16.4 Å². The van der Waals surface area contributed by atoms with Crippen molar-refractivity contribution in [3.05, 3.63) is 29.9 Å². The third-order valence-corrected chi connectivity index (χ3v) is 4.67. The van der Waals surface area contributed by atoms with Crippen molar-refractivity contribution in [2.45, 2.75) is 44.6 Å². The average molecular weight is 342 g/mol. The van der Waals surface area contributed by atoms with E-state index >= 15 is 0 Å². The first-order valence-corrected chi connectivity index (χ1v) is 8.76. The van der Waals surface area contributed by atoms with Crippen molar-refractivity contribution < 1.29 is 9.32 Å². The third-order valence-electron chi connectivity index (χ3n) is 4.67. The molecule has 2 aromatic heterocycles. The highest BCUT2D eigenvalue weighted by molar-refractivity contribution is 5.90. The second-order valence-electron chi connectivity index (χ2n) is 6.71. The fourth-order valence-corrected chi connectivity index (χ4v) is 3.23. The van der Waals surface area contributed by atoms with Crippen LogP contribution in [-0.2, 0) is 0 Å². The Bertz CT molecular complexity index is 743. The number of aryl methyl sites for hydroxylation is 1. The van der Waals surface area contributed by atoms with Gasteiger partial charge in [0.1, 0.15) is 11.4 Å². The van der Waals surface area contributed by atoms with Crippen molar-refractivity contribution in [1.82, 2.24) is 20.4 Å². The van der Waals surface area contributed by atoms with Gasteiger partial charge in [-0.25, -0.2) is 14.8 Å². The van der Waals surface area contributed by atoms with Crippen LogP contribution in [0.25, 0.3) is 0 Å². The lowest BCUT2D eigenvalue weighted by Crippen LogP contribution is -2.49. The van der Waals surface area contributed by atoms with Gasteiger partial charge in [0.15, 0.2) is 5.76 Å². The summed E-state index contributed by atoms with van der Waals surface area (Å²) in [4.78, 5) is 23.1. The molecular formula is C17H22N6O2. The Morgan fingerprint density at radius 2 is 2.08 bits per heavy atom. The molecule has 0 unspecified atom stereocenters. The van der Waals surface area contributed by atoms with Gasteiger partial charge < -0.3 is 20.1 Å². The van der Waals surface area contributed by atoms with Gasteiger partial charge in [-0.05, 0) is 38.7 Å². The Balaban J connectivity index is 1.37. The van der Waals surface area contributed by atoms with Crippen LogP contribution in [0.1, 0.15) is 43.1 Å². The minimum Gasteiger partial charge on any atom is -0.359 e. The number of hydrogen-bond acceptors (Lipinski definition) is 6. The molecule has 8 nitrogen and oxygen atoms in total. The number of nitrogens with zero attached hydrogens (tertiary/aromatic N) is 4. The van der Waals surface area contributed by atoms with Crippen molar-refractivity contribution in [2.24, 2.45) is 0 Å². The van der Waals surface area contributed by atoms with Crippen LogP contribution in [0.2, 0.25) is 0 Å². The van der Waals surface area contributed by atoms with Crippen LogP contribution >= 0.6 is 0 Å². The van der Waals surface area contributed by atoms with Crippen molar-refractivity contribution in [1.29, 1.82) is 0 Å². The summed E-state index contributed by atoms with van der Waals surface area (Å²) in [6.45, 7) is 3.45. The number of amides is 2. The Morgan fingerprint density at radius 3 is 2.84 bits per heavy atom. The highest BCUT2D eigenvalue weighted by atomic mass is 16.5. The Hall–Kier alpha value is -2.64. The number of piperidine rings is 1. The molecule has 0 aromatic carbocycles. The van der Waals surface area contributed by atoms with Crippen LogP contribution in [0, 0.1) is 6.92 Å². The molecular weight excluding hydrogens is 320 g/mol. The molecule has 4 rings (SSSR count). The molecule has 3 heterocycles. The van der Waals surface area contributed by atoms with Gasteiger partial charge in [0, 0.05) is 37.4 Å². The first-order valence-electron chi connectivity index (χ1n) is 8.76. The molecule has 8 heteroatoms. The van der Waals surface area contributed by atoms with Crippen LogP contribution in [0.5, 0.6) is 0 Å². The zero-order valence-electron chi connectivity index (χ0n) is 14.2. The maximum absolute atomic E-state index is 12.4. The van der Waals surface area contributed by atoms with E-state index in [4.69, 9.17) is 4.52 Å². The van der Waals surface area contributed by atoms with Crippen molar-refractivity contribution in [2.75, 3.05) is 23.3 Å². The first-order chi connectivity index (χ1) is 12.2. The molecule has 1 aliphatic heterocycles. The highest BCUT2D eigenvalue weighted by Gasteiger charge is 2.32. The number of urea groups is 1. The standard InChI is InChI=1S/C17H22N6O2/c1-11-14(15(25-22-11)12-5-6-12)21-17(24)20-13-4-2-9-23(10-13)16-18-7-3-8-19-16/h3,7-8,12-13H,2,4-6,9-10H2,1H3,(H2,20,21,24)/t13-/m1/s1. The molecule has 0 spiro atoms. The summed E-state index contributed by atoms with van der Waals surface area (Å²) in [6, 6.07) is 1.64. The lowest BCUT2D eigenvalue weighted by molar-refractivity contribution is 0.246. The fourth-order valence-electron chi connectivity index (χ4n) is 3.23. The fraction of sp³-hybridized carbons (Fsp3) is 0.529. The summed E-state index contributed by atoms with van der Waals surface area (Å²) in [5.41, 5.74) is 1.44. The highest BCUT2D eigenvalue weighted by Crippen LogP contribution is 2.44. The van der Waals surface area contributed by atoms with Gasteiger partial charge >= 0.3 is 6.03 Å². The van der Waals surface area contributed by atoms with E-state index in [0.29, 0.717) is 18.4 Å². The molecule has 1 aliphatic carbocycles. The summed E-state index contributed by atoms with van der Waals surface area (Å²) < 4.78 is 5.37. The van der Waals surface area contributed by atoms with Gasteiger partial charge in [-0.3, -0.25) is 0 Å². The molecule has 2 fully saturated rings. The zero-order chi connectivity index (χ0) is 17.2. The molecule has 25 heavy (non-hydrogen) atoms. The topological polar surface area (TPSA) is 96.2 Å². The lowest BCUT2D eigenvalue weighted by Gasteiger charge is -2.33. The molecule has 2 aromatic rings. The van der Waals surface area contributed by atoms with Gasteiger partial charge in [0.25, 0.3) is 0 Å². The third kappa shape index (κ3) is 3.57. The summed E-state index contributed by atoms with van der Waals surface area (Å²) >= 11 is 0. The summed E-state index contributed by atoms with van der Waals surface area (Å²) in [6.07, 6.45) is 7.59. The van der Waals surface area contributed by atoms with E-state index in [2.05, 4.69) is 30.7 Å². The Morgan fingerprint density at radius 1 is 1.28 bits per heavy atom. The summed E-state index contributed by atoms with van der Waals surface area (Å²) in [7, 11) is 0. The number of anilines is 2. The average Bonchev–Trinajstić information content (AvgIpc) is 3.41. The van der Waals surface area contributed by atoms with Crippen molar-refractivity contribution >= 4 is 17.7 Å². The van der Waals surface area contributed by atoms with Gasteiger partial charge in [-0.2, -0.15) is 0 Å². The van der Waals surface area contributed by atoms with E-state index in [1.165, 1.54) is 0 Å². The van der Waals surface area contributed by atoms with Gasteiger partial charge in [-0.15, -0.1) is 0 Å². The molecule has 1 saturated heterocycles. The number of rotatable bonds is 4. The molecule has 2 N–H and O–H groups in total. The summed E-state index contributed by atoms with van der Waals surface area (Å²) in [5, 5.41) is 9.97. The van der Waals surface area contributed by atoms with Crippen LogP contribution in [0.15, 0.2) is 23.0 Å². The van der Waals surface area contributed by atoms with E-state index in [0.717, 1.165) is 49.4 Å². The SMILES string of the molecule is Cc1noc(C2CC2)c1NC(=O)N[C@@H]1CCCN(c2ncccn2)C1. The largest absolute Gasteiger partial charge is 0.359 e. The van der Waals surface area contributed by atoms with Gasteiger partial charge in [-0.1, -0.05) is 5.16 Å². The van der Waals surface area contributed by atoms with E-state index < -0.39 is 0 Å². The number of nitrogens with one attached hydrogen (secondary N) is 2. The molecule has 2 aliphatic rings. The maximum Gasteiger partial charge on any atom is 0.319 e. The Kier molecular flexibility index (Phi) is 4.25. The molecule has 0 bridgehead atoms.